The monoisotopic (exact) mass is 382 g/mol. The van der Waals surface area contributed by atoms with Gasteiger partial charge in [-0.15, -0.1) is 0 Å². The first-order valence-electron chi connectivity index (χ1n) is 9.28. The van der Waals surface area contributed by atoms with E-state index in [2.05, 4.69) is 16.4 Å². The van der Waals surface area contributed by atoms with Gasteiger partial charge in [0.15, 0.2) is 0 Å². The first kappa shape index (κ1) is 18.4. The van der Waals surface area contributed by atoms with Crippen molar-refractivity contribution >= 4 is 17.5 Å². The van der Waals surface area contributed by atoms with Gasteiger partial charge in [0.1, 0.15) is 11.8 Å². The third-order valence-electron chi connectivity index (χ3n) is 4.95. The summed E-state index contributed by atoms with van der Waals surface area (Å²) in [4.78, 5) is 31.5. The van der Waals surface area contributed by atoms with Gasteiger partial charge in [0.2, 0.25) is 0 Å². The second kappa shape index (κ2) is 7.95. The molecular formula is C23H18N4O2. The summed E-state index contributed by atoms with van der Waals surface area (Å²) < 4.78 is 0. The topological polar surface area (TPSA) is 86.1 Å². The second-order valence-corrected chi connectivity index (χ2v) is 6.79. The van der Waals surface area contributed by atoms with Gasteiger partial charge >= 0.3 is 0 Å². The Morgan fingerprint density at radius 2 is 1.79 bits per heavy atom. The maximum absolute atomic E-state index is 12.9. The average molecular weight is 382 g/mol. The number of hydrogen-bond acceptors (Lipinski definition) is 4. The van der Waals surface area contributed by atoms with Gasteiger partial charge in [0.05, 0.1) is 11.3 Å². The molecule has 0 saturated heterocycles. The highest BCUT2D eigenvalue weighted by molar-refractivity contribution is 6.06. The Hall–Kier alpha value is -3.98. The molecule has 0 atom stereocenters. The van der Waals surface area contributed by atoms with Gasteiger partial charge in [0.25, 0.3) is 11.8 Å². The molecule has 29 heavy (non-hydrogen) atoms. The number of nitrogens with one attached hydrogen (secondary N) is 1. The molecule has 2 aromatic carbocycles. The van der Waals surface area contributed by atoms with Crippen LogP contribution >= 0.6 is 0 Å². The first-order chi connectivity index (χ1) is 14.2. The van der Waals surface area contributed by atoms with Gasteiger partial charge in [-0.1, -0.05) is 36.4 Å². The second-order valence-electron chi connectivity index (χ2n) is 6.79. The minimum atomic E-state index is -0.395. The summed E-state index contributed by atoms with van der Waals surface area (Å²) in [5.41, 5.74) is 3.73. The number of carbonyl (C=O) groups is 2. The number of aromatic nitrogens is 1. The third-order valence-corrected chi connectivity index (χ3v) is 4.95. The molecule has 2 heterocycles. The van der Waals surface area contributed by atoms with Crippen LogP contribution in [-0.4, -0.2) is 28.2 Å². The molecule has 1 aliphatic heterocycles. The lowest BCUT2D eigenvalue weighted by molar-refractivity contribution is 0.0728. The van der Waals surface area contributed by atoms with Crippen LogP contribution in [0.5, 0.6) is 0 Å². The van der Waals surface area contributed by atoms with Gasteiger partial charge in [-0.3, -0.25) is 14.6 Å². The Morgan fingerprint density at radius 1 is 1.03 bits per heavy atom. The minimum absolute atomic E-state index is 0.202. The van der Waals surface area contributed by atoms with Gasteiger partial charge in [-0.25, -0.2) is 0 Å². The van der Waals surface area contributed by atoms with Gasteiger partial charge in [-0.2, -0.15) is 5.26 Å². The normalized spacial score (nSPS) is 12.6. The highest BCUT2D eigenvalue weighted by Gasteiger charge is 2.23. The standard InChI is InChI=1S/C23H18N4O2/c24-14-18-6-3-4-8-20(18)26-22(28)17-9-11-25-21(13-17)23(29)27-12-10-16-5-1-2-7-19(16)15-27/h1-9,11,13H,10,12,15H2,(H,26,28). The smallest absolute Gasteiger partial charge is 0.272 e. The minimum Gasteiger partial charge on any atom is -0.333 e. The molecule has 6 nitrogen and oxygen atoms in total. The van der Waals surface area contributed by atoms with Crippen molar-refractivity contribution in [3.8, 4) is 6.07 Å². The number of rotatable bonds is 3. The summed E-state index contributed by atoms with van der Waals surface area (Å²) in [7, 11) is 0. The number of hydrogen-bond donors (Lipinski definition) is 1. The van der Waals surface area contributed by atoms with Crippen molar-refractivity contribution in [2.45, 2.75) is 13.0 Å². The SMILES string of the molecule is N#Cc1ccccc1NC(=O)c1ccnc(C(=O)N2CCc3ccccc3C2)c1. The number of pyridine rings is 1. The summed E-state index contributed by atoms with van der Waals surface area (Å²) in [6.07, 6.45) is 2.25. The average Bonchev–Trinajstić information content (AvgIpc) is 2.78. The van der Waals surface area contributed by atoms with Crippen LogP contribution in [0.4, 0.5) is 5.69 Å². The van der Waals surface area contributed by atoms with Crippen LogP contribution in [0, 0.1) is 11.3 Å². The van der Waals surface area contributed by atoms with Crippen LogP contribution in [-0.2, 0) is 13.0 Å². The van der Waals surface area contributed by atoms with Crippen LogP contribution < -0.4 is 5.32 Å². The van der Waals surface area contributed by atoms with E-state index < -0.39 is 5.91 Å². The fraction of sp³-hybridized carbons (Fsp3) is 0.130. The zero-order valence-corrected chi connectivity index (χ0v) is 15.6. The Bertz CT molecular complexity index is 1130. The number of fused-ring (bicyclic) bond motifs is 1. The maximum atomic E-state index is 12.9. The van der Waals surface area contributed by atoms with E-state index in [0.717, 1.165) is 12.0 Å². The number of carbonyl (C=O) groups excluding carboxylic acids is 2. The summed E-state index contributed by atoms with van der Waals surface area (Å²) in [6.45, 7) is 1.14. The zero-order valence-electron chi connectivity index (χ0n) is 15.6. The summed E-state index contributed by atoms with van der Waals surface area (Å²) in [5, 5.41) is 11.9. The van der Waals surface area contributed by atoms with Crippen molar-refractivity contribution in [2.24, 2.45) is 0 Å². The van der Waals surface area contributed by atoms with E-state index >= 15 is 0 Å². The number of amides is 2. The maximum Gasteiger partial charge on any atom is 0.272 e. The molecule has 0 unspecified atom stereocenters. The van der Waals surface area contributed by atoms with Crippen LogP contribution in [0.2, 0.25) is 0 Å². The Labute approximate surface area is 168 Å². The predicted octanol–water partition coefficient (Wildman–Crippen LogP) is 3.40. The van der Waals surface area contributed by atoms with Crippen molar-refractivity contribution in [1.29, 1.82) is 5.26 Å². The Balaban J connectivity index is 1.52. The lowest BCUT2D eigenvalue weighted by Crippen LogP contribution is -2.36. The van der Waals surface area contributed by atoms with Crippen molar-refractivity contribution < 1.29 is 9.59 Å². The number of para-hydroxylation sites is 1. The summed E-state index contributed by atoms with van der Waals surface area (Å²) in [5.74, 6) is -0.597. The molecule has 3 aromatic rings. The van der Waals surface area contributed by atoms with E-state index in [4.69, 9.17) is 0 Å². The highest BCUT2D eigenvalue weighted by Crippen LogP contribution is 2.20. The number of benzene rings is 2. The van der Waals surface area contributed by atoms with Gasteiger partial charge < -0.3 is 10.2 Å². The van der Waals surface area contributed by atoms with Crippen molar-refractivity contribution in [1.82, 2.24) is 9.88 Å². The van der Waals surface area contributed by atoms with Crippen molar-refractivity contribution in [3.63, 3.8) is 0 Å². The molecule has 1 aliphatic rings. The summed E-state index contributed by atoms with van der Waals surface area (Å²) in [6, 6.07) is 19.9. The molecule has 4 rings (SSSR count). The number of nitriles is 1. The van der Waals surface area contributed by atoms with Crippen LogP contribution in [0.3, 0.4) is 0 Å². The molecule has 0 fully saturated rings. The predicted molar refractivity (Wildman–Crippen MR) is 108 cm³/mol. The molecule has 1 aromatic heterocycles. The van der Waals surface area contributed by atoms with Gasteiger partial charge in [0, 0.05) is 24.8 Å². The molecule has 0 aliphatic carbocycles. The van der Waals surface area contributed by atoms with Crippen LogP contribution in [0.15, 0.2) is 66.9 Å². The molecule has 2 amide bonds. The highest BCUT2D eigenvalue weighted by atomic mass is 16.2. The molecule has 1 N–H and O–H groups in total. The molecule has 0 radical (unpaired) electrons. The van der Waals surface area contributed by atoms with E-state index in [0.29, 0.717) is 29.9 Å². The number of anilines is 1. The van der Waals surface area contributed by atoms with E-state index in [1.165, 1.54) is 17.8 Å². The molecule has 0 saturated carbocycles. The van der Waals surface area contributed by atoms with E-state index in [1.54, 1.807) is 35.2 Å². The van der Waals surface area contributed by atoms with E-state index in [1.807, 2.05) is 24.3 Å². The quantitative estimate of drug-likeness (QED) is 0.752. The molecule has 6 heteroatoms. The van der Waals surface area contributed by atoms with E-state index in [9.17, 15) is 14.9 Å². The largest absolute Gasteiger partial charge is 0.333 e. The molecular weight excluding hydrogens is 364 g/mol. The lowest BCUT2D eigenvalue weighted by atomic mass is 9.99. The summed E-state index contributed by atoms with van der Waals surface area (Å²) >= 11 is 0. The lowest BCUT2D eigenvalue weighted by Gasteiger charge is -2.28. The molecule has 0 spiro atoms. The Morgan fingerprint density at radius 3 is 2.62 bits per heavy atom. The number of nitrogens with zero attached hydrogens (tertiary/aromatic N) is 3. The van der Waals surface area contributed by atoms with Crippen LogP contribution in [0.25, 0.3) is 0 Å². The van der Waals surface area contributed by atoms with Crippen LogP contribution in [0.1, 0.15) is 37.5 Å². The Kier molecular flexibility index (Phi) is 5.04. The van der Waals surface area contributed by atoms with Crippen molar-refractivity contribution in [3.05, 3.63) is 94.8 Å². The fourth-order valence-electron chi connectivity index (χ4n) is 3.40. The zero-order chi connectivity index (χ0) is 20.2. The third kappa shape index (κ3) is 3.85. The molecule has 0 bridgehead atoms. The first-order valence-corrected chi connectivity index (χ1v) is 9.28. The van der Waals surface area contributed by atoms with Gasteiger partial charge in [-0.05, 0) is 41.8 Å². The van der Waals surface area contributed by atoms with Crippen molar-refractivity contribution in [2.75, 3.05) is 11.9 Å². The molecule has 142 valence electrons. The van der Waals surface area contributed by atoms with E-state index in [-0.39, 0.29) is 11.6 Å². The fourth-order valence-corrected chi connectivity index (χ4v) is 3.40.